The normalized spacial score (nSPS) is 12.1. The summed E-state index contributed by atoms with van der Waals surface area (Å²) < 4.78 is 32.5. The van der Waals surface area contributed by atoms with Crippen LogP contribution in [0.1, 0.15) is 32.3 Å². The molecule has 0 radical (unpaired) electrons. The van der Waals surface area contributed by atoms with E-state index in [0.29, 0.717) is 6.54 Å². The average molecular weight is 589 g/mol. The summed E-state index contributed by atoms with van der Waals surface area (Å²) in [5.74, 6) is -0.611. The number of nitrogens with zero attached hydrogens (tertiary/aromatic N) is 2. The monoisotopic (exact) mass is 587 g/mol. The number of unbranched alkanes of at least 4 members (excludes halogenated alkanes) is 1. The minimum absolute atomic E-state index is 0.116. The SMILES string of the molecule is CCCCNC(=O)[C@H](C)N(Cc1cccc(Br)c1)C(=O)CN(c1cc(Cl)ccc1OC)S(C)(=O)=O. The van der Waals surface area contributed by atoms with Gasteiger partial charge in [-0.1, -0.05) is 53.0 Å². The van der Waals surface area contributed by atoms with E-state index in [0.717, 1.165) is 33.4 Å². The Bertz CT molecular complexity index is 1150. The van der Waals surface area contributed by atoms with Crippen molar-refractivity contribution in [2.45, 2.75) is 39.3 Å². The molecule has 0 saturated heterocycles. The summed E-state index contributed by atoms with van der Waals surface area (Å²) in [6.07, 6.45) is 2.73. The van der Waals surface area contributed by atoms with Gasteiger partial charge in [0, 0.05) is 22.6 Å². The lowest BCUT2D eigenvalue weighted by atomic mass is 10.1. The molecule has 0 aromatic heterocycles. The highest BCUT2D eigenvalue weighted by molar-refractivity contribution is 9.10. The van der Waals surface area contributed by atoms with Crippen molar-refractivity contribution in [1.29, 1.82) is 0 Å². The Balaban J connectivity index is 2.42. The van der Waals surface area contributed by atoms with Gasteiger partial charge < -0.3 is 15.0 Å². The van der Waals surface area contributed by atoms with Gasteiger partial charge in [-0.2, -0.15) is 0 Å². The molecule has 0 unspecified atom stereocenters. The summed E-state index contributed by atoms with van der Waals surface area (Å²) in [5.41, 5.74) is 0.922. The quantitative estimate of drug-likeness (QED) is 0.375. The number of nitrogens with one attached hydrogen (secondary N) is 1. The topological polar surface area (TPSA) is 96.0 Å². The van der Waals surface area contributed by atoms with Crippen molar-refractivity contribution in [2.24, 2.45) is 0 Å². The molecule has 11 heteroatoms. The highest BCUT2D eigenvalue weighted by Gasteiger charge is 2.31. The van der Waals surface area contributed by atoms with Crippen LogP contribution in [-0.2, 0) is 26.2 Å². The molecule has 0 heterocycles. The predicted octanol–water partition coefficient (Wildman–Crippen LogP) is 4.21. The number of anilines is 1. The number of hydrogen-bond donors (Lipinski definition) is 1. The molecule has 0 bridgehead atoms. The number of amides is 2. The van der Waals surface area contributed by atoms with Crippen LogP contribution in [0.25, 0.3) is 0 Å². The van der Waals surface area contributed by atoms with E-state index in [9.17, 15) is 18.0 Å². The molecule has 192 valence electrons. The van der Waals surface area contributed by atoms with Crippen LogP contribution in [0.2, 0.25) is 5.02 Å². The van der Waals surface area contributed by atoms with Crippen LogP contribution in [-0.4, -0.2) is 57.6 Å². The van der Waals surface area contributed by atoms with Crippen molar-refractivity contribution in [3.63, 3.8) is 0 Å². The lowest BCUT2D eigenvalue weighted by Crippen LogP contribution is -2.51. The number of rotatable bonds is 12. The Morgan fingerprint density at radius 2 is 1.91 bits per heavy atom. The number of methoxy groups -OCH3 is 1. The molecule has 35 heavy (non-hydrogen) atoms. The molecule has 1 N–H and O–H groups in total. The molecule has 0 aliphatic heterocycles. The minimum Gasteiger partial charge on any atom is -0.495 e. The van der Waals surface area contributed by atoms with Crippen molar-refractivity contribution < 1.29 is 22.7 Å². The maximum Gasteiger partial charge on any atom is 0.244 e. The fourth-order valence-electron chi connectivity index (χ4n) is 3.40. The third kappa shape index (κ3) is 8.40. The molecule has 2 rings (SSSR count). The van der Waals surface area contributed by atoms with Crippen LogP contribution in [0.15, 0.2) is 46.9 Å². The number of sulfonamides is 1. The van der Waals surface area contributed by atoms with E-state index >= 15 is 0 Å². The van der Waals surface area contributed by atoms with Crippen LogP contribution in [0, 0.1) is 0 Å². The first kappa shape index (κ1) is 28.9. The van der Waals surface area contributed by atoms with Crippen LogP contribution in [0.3, 0.4) is 0 Å². The number of ether oxygens (including phenoxy) is 1. The summed E-state index contributed by atoms with van der Waals surface area (Å²) in [6.45, 7) is 3.72. The van der Waals surface area contributed by atoms with Gasteiger partial charge in [0.05, 0.1) is 19.1 Å². The van der Waals surface area contributed by atoms with E-state index in [4.69, 9.17) is 16.3 Å². The average Bonchev–Trinajstić information content (AvgIpc) is 2.79. The number of carbonyl (C=O) groups excluding carboxylic acids is 2. The molecule has 2 aromatic rings. The molecule has 8 nitrogen and oxygen atoms in total. The van der Waals surface area contributed by atoms with Crippen LogP contribution in [0.4, 0.5) is 5.69 Å². The number of hydrogen-bond acceptors (Lipinski definition) is 5. The number of carbonyl (C=O) groups is 2. The summed E-state index contributed by atoms with van der Waals surface area (Å²) >= 11 is 9.53. The van der Waals surface area contributed by atoms with Gasteiger partial charge >= 0.3 is 0 Å². The third-order valence-corrected chi connectivity index (χ3v) is 7.18. The van der Waals surface area contributed by atoms with Crippen molar-refractivity contribution >= 4 is 55.1 Å². The van der Waals surface area contributed by atoms with E-state index in [-0.39, 0.29) is 28.9 Å². The summed E-state index contributed by atoms with van der Waals surface area (Å²) in [5, 5.41) is 3.13. The van der Waals surface area contributed by atoms with E-state index in [1.807, 2.05) is 31.2 Å². The second-order valence-electron chi connectivity index (χ2n) is 8.06. The van der Waals surface area contributed by atoms with Crippen molar-refractivity contribution in [3.05, 3.63) is 57.5 Å². The second kappa shape index (κ2) is 13.1. The van der Waals surface area contributed by atoms with Gasteiger partial charge in [-0.25, -0.2) is 8.42 Å². The fraction of sp³-hybridized carbons (Fsp3) is 0.417. The molecule has 2 amide bonds. The Labute approximate surface area is 220 Å². The Hall–Kier alpha value is -2.30. The molecule has 0 aliphatic rings. The number of benzene rings is 2. The Morgan fingerprint density at radius 1 is 1.20 bits per heavy atom. The summed E-state index contributed by atoms with van der Waals surface area (Å²) in [4.78, 5) is 27.8. The molecule has 0 aliphatic carbocycles. The van der Waals surface area contributed by atoms with Crippen LogP contribution < -0.4 is 14.4 Å². The highest BCUT2D eigenvalue weighted by Crippen LogP contribution is 2.33. The number of halogens is 2. The van der Waals surface area contributed by atoms with Gasteiger partial charge in [0.25, 0.3) is 0 Å². The van der Waals surface area contributed by atoms with Gasteiger partial charge in [0.1, 0.15) is 18.3 Å². The van der Waals surface area contributed by atoms with Crippen LogP contribution >= 0.6 is 27.5 Å². The summed E-state index contributed by atoms with van der Waals surface area (Å²) in [6, 6.07) is 11.0. The zero-order valence-corrected chi connectivity index (χ0v) is 23.4. The second-order valence-corrected chi connectivity index (χ2v) is 11.3. The van der Waals surface area contributed by atoms with Gasteiger partial charge in [-0.15, -0.1) is 0 Å². The van der Waals surface area contributed by atoms with E-state index < -0.39 is 28.5 Å². The third-order valence-electron chi connectivity index (χ3n) is 5.33. The summed E-state index contributed by atoms with van der Waals surface area (Å²) in [7, 11) is -2.50. The van der Waals surface area contributed by atoms with Crippen molar-refractivity contribution in [2.75, 3.05) is 30.8 Å². The highest BCUT2D eigenvalue weighted by atomic mass is 79.9. The van der Waals surface area contributed by atoms with Crippen molar-refractivity contribution in [1.82, 2.24) is 10.2 Å². The standard InChI is InChI=1S/C24H31BrClN3O5S/c1-5-6-12-27-24(31)17(2)28(15-18-8-7-9-19(25)13-18)23(30)16-29(35(4,32)33)21-14-20(26)10-11-22(21)34-3/h7-11,13-14,17H,5-6,12,15-16H2,1-4H3,(H,27,31)/t17-/m0/s1. The van der Waals surface area contributed by atoms with Gasteiger partial charge in [0.15, 0.2) is 0 Å². The maximum atomic E-state index is 13.6. The lowest BCUT2D eigenvalue weighted by molar-refractivity contribution is -0.139. The molecule has 1 atom stereocenters. The molecular weight excluding hydrogens is 558 g/mol. The van der Waals surface area contributed by atoms with Gasteiger partial charge in [0.2, 0.25) is 21.8 Å². The first-order chi connectivity index (χ1) is 16.5. The fourth-order valence-corrected chi connectivity index (χ4v) is 4.86. The predicted molar refractivity (Wildman–Crippen MR) is 142 cm³/mol. The van der Waals surface area contributed by atoms with Crippen LogP contribution in [0.5, 0.6) is 5.75 Å². The zero-order chi connectivity index (χ0) is 26.2. The lowest BCUT2D eigenvalue weighted by Gasteiger charge is -2.32. The molecule has 0 saturated carbocycles. The Kier molecular flexibility index (Phi) is 10.9. The van der Waals surface area contributed by atoms with Gasteiger partial charge in [-0.3, -0.25) is 13.9 Å². The smallest absolute Gasteiger partial charge is 0.244 e. The van der Waals surface area contributed by atoms with E-state index in [1.54, 1.807) is 13.0 Å². The first-order valence-corrected chi connectivity index (χ1v) is 14.1. The molecule has 0 spiro atoms. The molecular formula is C24H31BrClN3O5S. The van der Waals surface area contributed by atoms with E-state index in [1.165, 1.54) is 24.1 Å². The maximum absolute atomic E-state index is 13.6. The molecule has 0 fully saturated rings. The van der Waals surface area contributed by atoms with Gasteiger partial charge in [-0.05, 0) is 49.2 Å². The molecule has 2 aromatic carbocycles. The largest absolute Gasteiger partial charge is 0.495 e. The first-order valence-electron chi connectivity index (χ1n) is 11.1. The zero-order valence-electron chi connectivity index (χ0n) is 20.3. The van der Waals surface area contributed by atoms with Crippen molar-refractivity contribution in [3.8, 4) is 5.75 Å². The minimum atomic E-state index is -3.90. The Morgan fingerprint density at radius 3 is 2.51 bits per heavy atom. The van der Waals surface area contributed by atoms with E-state index in [2.05, 4.69) is 21.2 Å².